The Morgan fingerprint density at radius 2 is 2.06 bits per heavy atom. The lowest BCUT2D eigenvalue weighted by atomic mass is 10.0. The molecule has 1 amide bonds. The molecule has 9 heteroatoms. The number of halogens is 1. The minimum absolute atomic E-state index is 0.0869. The fourth-order valence-corrected chi connectivity index (χ4v) is 3.57. The summed E-state index contributed by atoms with van der Waals surface area (Å²) in [5.74, 6) is -1.29. The van der Waals surface area contributed by atoms with Crippen molar-refractivity contribution in [1.82, 2.24) is 24.6 Å². The van der Waals surface area contributed by atoms with Gasteiger partial charge in [-0.3, -0.25) is 14.6 Å². The van der Waals surface area contributed by atoms with Crippen molar-refractivity contribution in [3.63, 3.8) is 0 Å². The second-order valence-corrected chi connectivity index (χ2v) is 7.51. The molecule has 1 aliphatic rings. The first-order chi connectivity index (χ1) is 16.1. The molecule has 4 aromatic rings. The molecule has 8 nitrogen and oxygen atoms in total. The third-order valence-electron chi connectivity index (χ3n) is 5.38. The van der Waals surface area contributed by atoms with Crippen molar-refractivity contribution in [3.05, 3.63) is 48.2 Å². The zero-order chi connectivity index (χ0) is 24.2. The molecule has 1 aliphatic carbocycles. The molecule has 5 rings (SSSR count). The van der Waals surface area contributed by atoms with Crippen molar-refractivity contribution in [1.29, 1.82) is 0 Å². The number of carbonyl (C=O) groups excluding carboxylic acids is 2. The van der Waals surface area contributed by atoms with Crippen molar-refractivity contribution >= 4 is 34.1 Å². The number of anilines is 1. The molecule has 0 unspecified atom stereocenters. The molecule has 1 saturated carbocycles. The largest absolute Gasteiger partial charge is 0.310 e. The van der Waals surface area contributed by atoms with E-state index in [4.69, 9.17) is 4.11 Å². The summed E-state index contributed by atoms with van der Waals surface area (Å²) in [5.41, 5.74) is 3.36. The van der Waals surface area contributed by atoms with Crippen LogP contribution < -0.4 is 5.32 Å². The van der Waals surface area contributed by atoms with Gasteiger partial charge in [0.1, 0.15) is 24.0 Å². The number of carbonyl (C=O) groups is 2. The maximum atomic E-state index is 13.2. The van der Waals surface area contributed by atoms with E-state index in [1.165, 1.54) is 12.5 Å². The first-order valence-electron chi connectivity index (χ1n) is 11.2. The van der Waals surface area contributed by atoms with Crippen LogP contribution >= 0.6 is 0 Å². The number of alkyl halides is 1. The zero-order valence-corrected chi connectivity index (χ0v) is 16.5. The van der Waals surface area contributed by atoms with Crippen LogP contribution in [0.4, 0.5) is 10.2 Å². The molecule has 0 bridgehead atoms. The van der Waals surface area contributed by atoms with Gasteiger partial charge in [-0.05, 0) is 31.0 Å². The molecule has 4 heterocycles. The summed E-state index contributed by atoms with van der Waals surface area (Å²) in [6.07, 6.45) is 3.03. The Bertz CT molecular complexity index is 1470. The number of ketones is 1. The normalized spacial score (nSPS) is 19.6. The van der Waals surface area contributed by atoms with E-state index in [0.29, 0.717) is 27.7 Å². The summed E-state index contributed by atoms with van der Waals surface area (Å²) in [5, 5.41) is 7.65. The van der Waals surface area contributed by atoms with Crippen molar-refractivity contribution in [3.8, 4) is 11.1 Å². The predicted octanol–water partition coefficient (Wildman–Crippen LogP) is 3.54. The number of fused-ring (bicyclic) bond motifs is 3. The smallest absolute Gasteiger partial charge is 0.231 e. The number of amides is 1. The molecule has 0 saturated heterocycles. The lowest BCUT2D eigenvalue weighted by Gasteiger charge is -2.11. The first-order valence-corrected chi connectivity index (χ1v) is 9.68. The molecule has 4 aromatic heterocycles. The van der Waals surface area contributed by atoms with Crippen molar-refractivity contribution < 1.29 is 18.1 Å². The summed E-state index contributed by atoms with van der Waals surface area (Å²) in [6, 6.07) is 5.06. The first kappa shape index (κ1) is 16.0. The second-order valence-electron chi connectivity index (χ2n) is 7.51. The van der Waals surface area contributed by atoms with E-state index in [1.54, 1.807) is 29.8 Å². The maximum Gasteiger partial charge on any atom is 0.231 e. The number of aromatic nitrogens is 5. The van der Waals surface area contributed by atoms with Crippen molar-refractivity contribution in [2.45, 2.75) is 32.8 Å². The van der Waals surface area contributed by atoms with Crippen LogP contribution in [0, 0.1) is 12.8 Å². The van der Waals surface area contributed by atoms with E-state index in [2.05, 4.69) is 25.4 Å². The van der Waals surface area contributed by atoms with Crippen LogP contribution in [0.5, 0.6) is 0 Å². The quantitative estimate of drug-likeness (QED) is 0.495. The standard InChI is InChI=1S/C22H19FN6O2/c1-3-19(30)17-4-11(2)15(9-24-17)13-5-12-8-25-20(28-22(31)14-6-16(14)23)7-18(12)29-21(13)26-10-27-29/h4-5,7-10,14,16H,3,6H2,1-2H3,(H,25,28,31)/t14-,16+/m0/s1/i1D3. The Hall–Kier alpha value is -3.75. The van der Waals surface area contributed by atoms with E-state index < -0.39 is 37.1 Å². The van der Waals surface area contributed by atoms with Crippen molar-refractivity contribution in [2.24, 2.45) is 5.92 Å². The van der Waals surface area contributed by atoms with Gasteiger partial charge in [-0.1, -0.05) is 6.85 Å². The molecule has 1 N–H and O–H groups in total. The molecule has 0 aromatic carbocycles. The minimum atomic E-state index is -2.37. The Kier molecular flexibility index (Phi) is 3.71. The number of pyridine rings is 3. The highest BCUT2D eigenvalue weighted by atomic mass is 19.1. The maximum absolute atomic E-state index is 13.2. The van der Waals surface area contributed by atoms with Crippen LogP contribution in [-0.2, 0) is 4.79 Å². The van der Waals surface area contributed by atoms with Gasteiger partial charge in [-0.25, -0.2) is 18.9 Å². The summed E-state index contributed by atoms with van der Waals surface area (Å²) in [4.78, 5) is 37.2. The van der Waals surface area contributed by atoms with Crippen LogP contribution in [0.2, 0.25) is 0 Å². The van der Waals surface area contributed by atoms with E-state index in [9.17, 15) is 14.0 Å². The highest BCUT2D eigenvalue weighted by Crippen LogP contribution is 2.35. The van der Waals surface area contributed by atoms with E-state index in [-0.39, 0.29) is 17.9 Å². The van der Waals surface area contributed by atoms with E-state index in [1.807, 2.05) is 6.07 Å². The van der Waals surface area contributed by atoms with Crippen LogP contribution in [0.1, 0.15) is 39.9 Å². The second kappa shape index (κ2) is 7.19. The van der Waals surface area contributed by atoms with Gasteiger partial charge >= 0.3 is 0 Å². The lowest BCUT2D eigenvalue weighted by molar-refractivity contribution is -0.117. The highest BCUT2D eigenvalue weighted by molar-refractivity contribution is 5.98. The van der Waals surface area contributed by atoms with Gasteiger partial charge in [0.25, 0.3) is 0 Å². The minimum Gasteiger partial charge on any atom is -0.310 e. The fourth-order valence-electron chi connectivity index (χ4n) is 3.57. The highest BCUT2D eigenvalue weighted by Gasteiger charge is 2.43. The number of rotatable bonds is 5. The zero-order valence-electron chi connectivity index (χ0n) is 19.5. The van der Waals surface area contributed by atoms with Gasteiger partial charge in [0, 0.05) is 45.5 Å². The monoisotopic (exact) mass is 421 g/mol. The molecular weight excluding hydrogens is 399 g/mol. The van der Waals surface area contributed by atoms with Gasteiger partial charge in [-0.2, -0.15) is 5.10 Å². The van der Waals surface area contributed by atoms with Gasteiger partial charge < -0.3 is 5.32 Å². The molecule has 0 radical (unpaired) electrons. The summed E-state index contributed by atoms with van der Waals surface area (Å²) >= 11 is 0. The summed E-state index contributed by atoms with van der Waals surface area (Å²) < 4.78 is 36.7. The topological polar surface area (TPSA) is 102 Å². The van der Waals surface area contributed by atoms with Gasteiger partial charge in [0.05, 0.1) is 11.4 Å². The van der Waals surface area contributed by atoms with E-state index in [0.717, 1.165) is 5.56 Å². The van der Waals surface area contributed by atoms with Crippen LogP contribution in [0.3, 0.4) is 0 Å². The molecule has 156 valence electrons. The van der Waals surface area contributed by atoms with Gasteiger partial charge in [-0.15, -0.1) is 0 Å². The predicted molar refractivity (Wildman–Crippen MR) is 113 cm³/mol. The van der Waals surface area contributed by atoms with Gasteiger partial charge in [0.2, 0.25) is 5.91 Å². The molecular formula is C22H19FN6O2. The Morgan fingerprint density at radius 3 is 2.81 bits per heavy atom. The average molecular weight is 421 g/mol. The lowest BCUT2D eigenvalue weighted by Crippen LogP contribution is -2.16. The molecule has 31 heavy (non-hydrogen) atoms. The fraction of sp³-hybridized carbons (Fsp3) is 0.273. The number of aryl methyl sites for hydroxylation is 1. The van der Waals surface area contributed by atoms with Crippen LogP contribution in [-0.4, -0.2) is 42.4 Å². The average Bonchev–Trinajstić information content (AvgIpc) is 3.29. The number of hydrogen-bond donors (Lipinski definition) is 1. The number of nitrogens with zero attached hydrogens (tertiary/aromatic N) is 5. The third kappa shape index (κ3) is 3.31. The Labute approximate surface area is 180 Å². The van der Waals surface area contributed by atoms with Gasteiger partial charge in [0.15, 0.2) is 11.4 Å². The molecule has 1 fully saturated rings. The third-order valence-corrected chi connectivity index (χ3v) is 5.38. The van der Waals surface area contributed by atoms with Crippen molar-refractivity contribution in [2.75, 3.05) is 5.32 Å². The number of nitrogens with one attached hydrogen (secondary N) is 1. The number of Topliss-reactive ketones (excluding diaryl/α,β-unsaturated/α-hetero) is 1. The molecule has 2 atom stereocenters. The summed E-state index contributed by atoms with van der Waals surface area (Å²) in [6.45, 7) is -0.567. The Balaban J connectivity index is 1.53. The van der Waals surface area contributed by atoms with Crippen LogP contribution in [0.15, 0.2) is 36.9 Å². The molecule has 0 aliphatic heterocycles. The summed E-state index contributed by atoms with van der Waals surface area (Å²) in [7, 11) is 0. The molecule has 0 spiro atoms. The number of hydrogen-bond acceptors (Lipinski definition) is 6. The van der Waals surface area contributed by atoms with Crippen LogP contribution in [0.25, 0.3) is 27.7 Å². The SMILES string of the molecule is [2H]C([2H])([2H])CC(=O)c1cc(C)c(-c2cc3cnc(NC(=O)[C@H]4C[C@H]4F)cc3n3ncnc23)cn1. The van der Waals surface area contributed by atoms with E-state index >= 15 is 0 Å². The Morgan fingerprint density at radius 1 is 1.23 bits per heavy atom.